The molecule has 1 N–H and O–H groups in total. The van der Waals surface area contributed by atoms with Gasteiger partial charge in [-0.2, -0.15) is 18.2 Å². The fraction of sp³-hybridized carbons (Fsp3) is 0.222. The molecule has 0 aliphatic heterocycles. The first kappa shape index (κ1) is 18.6. The second-order valence-corrected chi connectivity index (χ2v) is 5.69. The number of rotatable bonds is 6. The third-order valence-corrected chi connectivity index (χ3v) is 3.67. The third kappa shape index (κ3) is 5.13. The molecule has 0 saturated carbocycles. The lowest BCUT2D eigenvalue weighted by molar-refractivity contribution is -0.137. The molecular weight excluding hydrogens is 361 g/mol. The Morgan fingerprint density at radius 3 is 2.74 bits per heavy atom. The number of nitrogens with zero attached hydrogens (tertiary/aromatic N) is 3. The summed E-state index contributed by atoms with van der Waals surface area (Å²) in [7, 11) is 0. The number of benzene rings is 1. The Balaban J connectivity index is 1.56. The number of pyridine rings is 1. The van der Waals surface area contributed by atoms with Gasteiger partial charge in [-0.05, 0) is 24.3 Å². The minimum Gasteiger partial charge on any atom is -0.350 e. The number of amides is 1. The van der Waals surface area contributed by atoms with Gasteiger partial charge in [0.15, 0.2) is 0 Å². The van der Waals surface area contributed by atoms with Crippen LogP contribution >= 0.6 is 0 Å². The highest BCUT2D eigenvalue weighted by atomic mass is 19.4. The van der Waals surface area contributed by atoms with Gasteiger partial charge in [-0.3, -0.25) is 9.78 Å². The van der Waals surface area contributed by atoms with Crippen molar-refractivity contribution < 1.29 is 22.5 Å². The molecule has 0 bridgehead atoms. The Hall–Kier alpha value is -3.23. The van der Waals surface area contributed by atoms with E-state index in [4.69, 9.17) is 4.52 Å². The predicted octanol–water partition coefficient (Wildman–Crippen LogP) is 3.40. The summed E-state index contributed by atoms with van der Waals surface area (Å²) in [6, 6.07) is 10.1. The van der Waals surface area contributed by atoms with E-state index in [2.05, 4.69) is 20.4 Å². The number of carbonyl (C=O) groups is 1. The van der Waals surface area contributed by atoms with Gasteiger partial charge in [0, 0.05) is 24.6 Å². The second-order valence-electron chi connectivity index (χ2n) is 5.69. The summed E-state index contributed by atoms with van der Waals surface area (Å²) in [5, 5.41) is 6.40. The topological polar surface area (TPSA) is 80.9 Å². The van der Waals surface area contributed by atoms with Crippen LogP contribution in [0.4, 0.5) is 13.2 Å². The molecule has 1 aromatic carbocycles. The van der Waals surface area contributed by atoms with Crippen molar-refractivity contribution in [2.75, 3.05) is 0 Å². The van der Waals surface area contributed by atoms with Crippen molar-refractivity contribution in [3.05, 3.63) is 65.8 Å². The highest BCUT2D eigenvalue weighted by Gasteiger charge is 2.30. The smallest absolute Gasteiger partial charge is 0.350 e. The van der Waals surface area contributed by atoms with Crippen LogP contribution in [0, 0.1) is 0 Å². The van der Waals surface area contributed by atoms with Gasteiger partial charge in [-0.15, -0.1) is 0 Å². The Morgan fingerprint density at radius 2 is 2.00 bits per heavy atom. The fourth-order valence-electron chi connectivity index (χ4n) is 2.31. The SMILES string of the molecule is O=C(CCc1nc(-c2cccc(C(F)(F)F)c2)no1)NCc1ccccn1. The van der Waals surface area contributed by atoms with Crippen molar-refractivity contribution >= 4 is 5.91 Å². The van der Waals surface area contributed by atoms with Crippen LogP contribution in [0.1, 0.15) is 23.6 Å². The molecule has 0 radical (unpaired) electrons. The maximum Gasteiger partial charge on any atom is 0.416 e. The second kappa shape index (κ2) is 7.98. The van der Waals surface area contributed by atoms with E-state index in [1.54, 1.807) is 18.3 Å². The van der Waals surface area contributed by atoms with Crippen molar-refractivity contribution in [3.63, 3.8) is 0 Å². The molecule has 0 aliphatic carbocycles. The van der Waals surface area contributed by atoms with E-state index in [-0.39, 0.29) is 36.0 Å². The lowest BCUT2D eigenvalue weighted by Crippen LogP contribution is -2.23. The number of halogens is 3. The molecule has 9 heteroatoms. The summed E-state index contributed by atoms with van der Waals surface area (Å²) in [5.41, 5.74) is 0.134. The van der Waals surface area contributed by atoms with Gasteiger partial charge >= 0.3 is 6.18 Å². The molecule has 0 atom stereocenters. The zero-order chi connectivity index (χ0) is 19.3. The van der Waals surface area contributed by atoms with Crippen LogP contribution in [0.5, 0.6) is 0 Å². The summed E-state index contributed by atoms with van der Waals surface area (Å²) in [4.78, 5) is 20.0. The van der Waals surface area contributed by atoms with Crippen molar-refractivity contribution in [3.8, 4) is 11.4 Å². The molecule has 3 aromatic rings. The maximum absolute atomic E-state index is 12.8. The molecule has 0 fully saturated rings. The van der Waals surface area contributed by atoms with E-state index >= 15 is 0 Å². The molecule has 27 heavy (non-hydrogen) atoms. The zero-order valence-electron chi connectivity index (χ0n) is 14.0. The first-order valence-electron chi connectivity index (χ1n) is 8.08. The first-order chi connectivity index (χ1) is 12.9. The van der Waals surface area contributed by atoms with Crippen molar-refractivity contribution in [2.24, 2.45) is 0 Å². The Labute approximate surface area is 152 Å². The molecule has 0 spiro atoms. The normalized spacial score (nSPS) is 11.4. The van der Waals surface area contributed by atoms with Gasteiger partial charge in [0.2, 0.25) is 17.6 Å². The fourth-order valence-corrected chi connectivity index (χ4v) is 2.31. The molecule has 0 unspecified atom stereocenters. The average Bonchev–Trinajstić information content (AvgIpc) is 3.14. The summed E-state index contributed by atoms with van der Waals surface area (Å²) in [5.74, 6) is -0.000126. The number of aromatic nitrogens is 3. The van der Waals surface area contributed by atoms with E-state index in [0.29, 0.717) is 6.54 Å². The van der Waals surface area contributed by atoms with Gasteiger partial charge < -0.3 is 9.84 Å². The van der Waals surface area contributed by atoms with Crippen LogP contribution in [0.25, 0.3) is 11.4 Å². The van der Waals surface area contributed by atoms with Crippen molar-refractivity contribution in [1.29, 1.82) is 0 Å². The number of hydrogen-bond donors (Lipinski definition) is 1. The number of hydrogen-bond acceptors (Lipinski definition) is 5. The maximum atomic E-state index is 12.8. The molecule has 140 valence electrons. The van der Waals surface area contributed by atoms with Gasteiger partial charge in [-0.25, -0.2) is 0 Å². The van der Waals surface area contributed by atoms with Crippen LogP contribution < -0.4 is 5.32 Å². The standard InChI is InChI=1S/C18H15F3N4O2/c19-18(20,21)13-5-3-4-12(10-13)17-24-16(27-25-17)8-7-15(26)23-11-14-6-1-2-9-22-14/h1-6,9-10H,7-8,11H2,(H,23,26). The predicted molar refractivity (Wildman–Crippen MR) is 89.1 cm³/mol. The van der Waals surface area contributed by atoms with Gasteiger partial charge in [-0.1, -0.05) is 23.4 Å². The number of alkyl halides is 3. The number of nitrogens with one attached hydrogen (secondary N) is 1. The van der Waals surface area contributed by atoms with Crippen LogP contribution in [-0.4, -0.2) is 21.0 Å². The molecule has 0 aliphatic rings. The van der Waals surface area contributed by atoms with Crippen molar-refractivity contribution in [1.82, 2.24) is 20.4 Å². The van der Waals surface area contributed by atoms with Crippen molar-refractivity contribution in [2.45, 2.75) is 25.6 Å². The van der Waals surface area contributed by atoms with E-state index in [0.717, 1.165) is 17.8 Å². The molecule has 0 saturated heterocycles. The average molecular weight is 376 g/mol. The zero-order valence-corrected chi connectivity index (χ0v) is 14.0. The highest BCUT2D eigenvalue weighted by Crippen LogP contribution is 2.31. The lowest BCUT2D eigenvalue weighted by Gasteiger charge is -2.06. The first-order valence-corrected chi connectivity index (χ1v) is 8.08. The summed E-state index contributed by atoms with van der Waals surface area (Å²) in [6.45, 7) is 0.305. The van der Waals surface area contributed by atoms with E-state index < -0.39 is 11.7 Å². The minimum atomic E-state index is -4.45. The Morgan fingerprint density at radius 1 is 1.15 bits per heavy atom. The summed E-state index contributed by atoms with van der Waals surface area (Å²) < 4.78 is 43.4. The monoisotopic (exact) mass is 376 g/mol. The Kier molecular flexibility index (Phi) is 5.49. The molecular formula is C18H15F3N4O2. The quantitative estimate of drug-likeness (QED) is 0.713. The molecule has 2 aromatic heterocycles. The largest absolute Gasteiger partial charge is 0.416 e. The minimum absolute atomic E-state index is 0.0463. The van der Waals surface area contributed by atoms with E-state index in [9.17, 15) is 18.0 Å². The molecule has 1 amide bonds. The van der Waals surface area contributed by atoms with Gasteiger partial charge in [0.1, 0.15) is 0 Å². The number of aryl methyl sites for hydroxylation is 1. The lowest BCUT2D eigenvalue weighted by atomic mass is 10.1. The van der Waals surface area contributed by atoms with Crippen LogP contribution in [0.15, 0.2) is 53.2 Å². The van der Waals surface area contributed by atoms with Crippen LogP contribution in [0.2, 0.25) is 0 Å². The van der Waals surface area contributed by atoms with Gasteiger partial charge in [0.25, 0.3) is 0 Å². The van der Waals surface area contributed by atoms with Crippen LogP contribution in [0.3, 0.4) is 0 Å². The molecule has 3 rings (SSSR count). The summed E-state index contributed by atoms with van der Waals surface area (Å²) >= 11 is 0. The molecule has 6 nitrogen and oxygen atoms in total. The highest BCUT2D eigenvalue weighted by molar-refractivity contribution is 5.75. The van der Waals surface area contributed by atoms with E-state index in [1.807, 2.05) is 6.07 Å². The number of carbonyl (C=O) groups excluding carboxylic acids is 1. The third-order valence-electron chi connectivity index (χ3n) is 3.67. The van der Waals surface area contributed by atoms with Gasteiger partial charge in [0.05, 0.1) is 17.8 Å². The summed E-state index contributed by atoms with van der Waals surface area (Å²) in [6.07, 6.45) is -2.53. The Bertz CT molecular complexity index is 910. The molecule has 2 heterocycles. The van der Waals surface area contributed by atoms with E-state index in [1.165, 1.54) is 12.1 Å². The van der Waals surface area contributed by atoms with Crippen LogP contribution in [-0.2, 0) is 23.9 Å².